The number of nitrogens with one attached hydrogen (secondary N) is 1. The molecule has 1 amide bonds. The number of ether oxygens (including phenoxy) is 1. The number of carboxylic acids is 2. The summed E-state index contributed by atoms with van der Waals surface area (Å²) in [6.45, 7) is 11.7. The van der Waals surface area contributed by atoms with E-state index in [-0.39, 0.29) is 18.0 Å². The lowest BCUT2D eigenvalue weighted by atomic mass is 9.94. The lowest BCUT2D eigenvalue weighted by molar-refractivity contribution is -0.384. The normalized spacial score (nSPS) is 15.8. The van der Waals surface area contributed by atoms with Crippen LogP contribution in [0.3, 0.4) is 0 Å². The predicted octanol–water partition coefficient (Wildman–Crippen LogP) is 7.13. The van der Waals surface area contributed by atoms with Gasteiger partial charge in [0.05, 0.1) is 4.92 Å². The van der Waals surface area contributed by atoms with E-state index < -0.39 is 35.3 Å². The zero-order chi connectivity index (χ0) is 38.5. The molecule has 18 heteroatoms. The minimum Gasteiger partial charge on any atom is -0.475 e. The van der Waals surface area contributed by atoms with Crippen LogP contribution in [0.2, 0.25) is 0 Å². The SMILES string of the molecule is Cc1cc(C2=CCN(C3CCN(CC(C)C)CC3)CC2)cc([N+](=O)[O-])c1NC(=O)OCc1ccccc1.O=C(O)C(F)(F)F.O=C(O)C(F)(F)F. The number of rotatable bonds is 8. The number of hydrogen-bond acceptors (Lipinski definition) is 8. The highest BCUT2D eigenvalue weighted by Gasteiger charge is 2.39. The average Bonchev–Trinajstić information content (AvgIpc) is 3.05. The van der Waals surface area contributed by atoms with E-state index in [1.54, 1.807) is 13.0 Å². The van der Waals surface area contributed by atoms with Crippen LogP contribution in [-0.2, 0) is 20.9 Å². The van der Waals surface area contributed by atoms with Crippen LogP contribution >= 0.6 is 0 Å². The molecule has 2 aromatic rings. The number of aryl methyl sites for hydroxylation is 1. The third kappa shape index (κ3) is 14.6. The molecule has 0 saturated carbocycles. The maximum Gasteiger partial charge on any atom is 0.490 e. The summed E-state index contributed by atoms with van der Waals surface area (Å²) in [5.41, 5.74) is 3.52. The zero-order valence-electron chi connectivity index (χ0n) is 28.1. The Labute approximate surface area is 289 Å². The Morgan fingerprint density at radius 2 is 1.53 bits per heavy atom. The number of aliphatic carboxylic acids is 2. The summed E-state index contributed by atoms with van der Waals surface area (Å²) >= 11 is 0. The summed E-state index contributed by atoms with van der Waals surface area (Å²) in [4.78, 5) is 46.8. The molecule has 0 aromatic heterocycles. The minimum absolute atomic E-state index is 0.0950. The molecule has 1 fully saturated rings. The van der Waals surface area contributed by atoms with E-state index in [1.165, 1.54) is 19.4 Å². The number of carbonyl (C=O) groups excluding carboxylic acids is 1. The van der Waals surface area contributed by atoms with Crippen molar-refractivity contribution in [3.63, 3.8) is 0 Å². The summed E-state index contributed by atoms with van der Waals surface area (Å²) in [6.07, 6.45) is -5.42. The molecule has 0 bridgehead atoms. The summed E-state index contributed by atoms with van der Waals surface area (Å²) in [5, 5.41) is 28.7. The first kappa shape index (κ1) is 42.5. The lowest BCUT2D eigenvalue weighted by Gasteiger charge is -2.40. The molecule has 0 radical (unpaired) electrons. The zero-order valence-corrected chi connectivity index (χ0v) is 28.1. The number of nitro groups is 1. The largest absolute Gasteiger partial charge is 0.490 e. The van der Waals surface area contributed by atoms with E-state index >= 15 is 0 Å². The molecule has 0 aliphatic carbocycles. The third-order valence-corrected chi connectivity index (χ3v) is 7.74. The van der Waals surface area contributed by atoms with Gasteiger partial charge in [-0.1, -0.05) is 50.3 Å². The first-order valence-corrected chi connectivity index (χ1v) is 15.7. The van der Waals surface area contributed by atoms with Gasteiger partial charge in [-0.3, -0.25) is 20.3 Å². The van der Waals surface area contributed by atoms with Crippen LogP contribution in [0.15, 0.2) is 48.5 Å². The van der Waals surface area contributed by atoms with Crippen molar-refractivity contribution in [2.24, 2.45) is 5.92 Å². The average molecular weight is 735 g/mol. The minimum atomic E-state index is -5.08. The Morgan fingerprint density at radius 1 is 0.980 bits per heavy atom. The summed E-state index contributed by atoms with van der Waals surface area (Å²) in [7, 11) is 0. The topological polar surface area (TPSA) is 163 Å². The molecule has 0 unspecified atom stereocenters. The number of amides is 1. The van der Waals surface area contributed by atoms with E-state index in [0.29, 0.717) is 17.5 Å². The van der Waals surface area contributed by atoms with Crippen molar-refractivity contribution in [2.45, 2.75) is 65.0 Å². The Kier molecular flexibility index (Phi) is 15.9. The Hall–Kier alpha value is -4.71. The van der Waals surface area contributed by atoms with Gasteiger partial charge in [-0.25, -0.2) is 14.4 Å². The number of anilines is 1. The number of nitro benzene ring substituents is 1. The van der Waals surface area contributed by atoms with Crippen molar-refractivity contribution in [2.75, 3.05) is 38.0 Å². The van der Waals surface area contributed by atoms with Crippen molar-refractivity contribution in [1.29, 1.82) is 0 Å². The first-order chi connectivity index (χ1) is 23.7. The molecule has 0 spiro atoms. The number of halogens is 6. The summed E-state index contributed by atoms with van der Waals surface area (Å²) < 4.78 is 68.7. The van der Waals surface area contributed by atoms with Gasteiger partial charge in [0.15, 0.2) is 0 Å². The second kappa shape index (κ2) is 19.1. The molecular weight excluding hydrogens is 694 g/mol. The fourth-order valence-corrected chi connectivity index (χ4v) is 5.38. The van der Waals surface area contributed by atoms with Gasteiger partial charge >= 0.3 is 30.4 Å². The molecule has 0 atom stereocenters. The van der Waals surface area contributed by atoms with Gasteiger partial charge in [-0.05, 0) is 73.5 Å². The van der Waals surface area contributed by atoms with E-state index in [1.807, 2.05) is 36.4 Å². The smallest absolute Gasteiger partial charge is 0.475 e. The number of carboxylic acid groups (broad SMARTS) is 2. The van der Waals surface area contributed by atoms with Crippen molar-refractivity contribution in [3.05, 3.63) is 75.3 Å². The van der Waals surface area contributed by atoms with E-state index in [0.717, 1.165) is 49.3 Å². The number of piperidine rings is 1. The molecule has 2 aliphatic heterocycles. The van der Waals surface area contributed by atoms with Crippen LogP contribution in [-0.4, -0.2) is 94.1 Å². The van der Waals surface area contributed by atoms with Gasteiger partial charge < -0.3 is 19.8 Å². The van der Waals surface area contributed by atoms with Gasteiger partial charge in [0, 0.05) is 31.7 Å². The summed E-state index contributed by atoms with van der Waals surface area (Å²) in [6, 6.07) is 13.4. The molecule has 1 saturated heterocycles. The van der Waals surface area contributed by atoms with Gasteiger partial charge in [0.25, 0.3) is 5.69 Å². The molecule has 2 heterocycles. The molecule has 3 N–H and O–H groups in total. The van der Waals surface area contributed by atoms with Crippen molar-refractivity contribution >= 4 is 35.0 Å². The van der Waals surface area contributed by atoms with E-state index in [4.69, 9.17) is 24.5 Å². The number of alkyl halides is 6. The number of benzene rings is 2. The van der Waals surface area contributed by atoms with Crippen LogP contribution in [0, 0.1) is 23.0 Å². The fraction of sp³-hybridized carbons (Fsp3) is 0.485. The standard InChI is InChI=1S/C29H38N4O4.2C2HF3O2/c1-21(2)19-31-13-11-26(12-14-31)32-15-9-24(10-16-32)25-17-22(3)28(27(18-25)33(35)36)30-29(34)37-20-23-7-5-4-6-8-23;2*3-2(4,5)1(6)7/h4-9,17-18,21,26H,10-16,19-20H2,1-3H3,(H,30,34);2*(H,6,7). The Morgan fingerprint density at radius 3 is 1.98 bits per heavy atom. The first-order valence-electron chi connectivity index (χ1n) is 15.7. The second-order valence-electron chi connectivity index (χ2n) is 12.1. The molecular formula is C33H40F6N4O8. The van der Waals surface area contributed by atoms with Crippen LogP contribution in [0.25, 0.3) is 5.57 Å². The lowest BCUT2D eigenvalue weighted by Crippen LogP contribution is -2.46. The number of hydrogen-bond donors (Lipinski definition) is 3. The van der Waals surface area contributed by atoms with Gasteiger partial charge in [-0.15, -0.1) is 0 Å². The molecule has 51 heavy (non-hydrogen) atoms. The molecule has 282 valence electrons. The predicted molar refractivity (Wildman–Crippen MR) is 174 cm³/mol. The fourth-order valence-electron chi connectivity index (χ4n) is 5.38. The maximum atomic E-state index is 12.4. The van der Waals surface area contributed by atoms with Crippen LogP contribution < -0.4 is 5.32 Å². The van der Waals surface area contributed by atoms with Crippen molar-refractivity contribution < 1.29 is 60.6 Å². The Bertz CT molecular complexity index is 1500. The molecule has 4 rings (SSSR count). The van der Waals surface area contributed by atoms with Crippen LogP contribution in [0.1, 0.15) is 49.8 Å². The van der Waals surface area contributed by atoms with E-state index in [2.05, 4.69) is 35.0 Å². The van der Waals surface area contributed by atoms with Gasteiger partial charge in [0.2, 0.25) is 0 Å². The Balaban J connectivity index is 0.000000543. The number of carbonyl (C=O) groups is 3. The molecule has 2 aliphatic rings. The van der Waals surface area contributed by atoms with Crippen molar-refractivity contribution in [1.82, 2.24) is 9.80 Å². The summed E-state index contributed by atoms with van der Waals surface area (Å²) in [5.74, 6) is -4.81. The molecule has 12 nitrogen and oxygen atoms in total. The highest BCUT2D eigenvalue weighted by molar-refractivity contribution is 5.90. The second-order valence-corrected chi connectivity index (χ2v) is 12.1. The van der Waals surface area contributed by atoms with Crippen LogP contribution in [0.4, 0.5) is 42.5 Å². The quantitative estimate of drug-likeness (QED) is 0.145. The maximum absolute atomic E-state index is 12.4. The highest BCUT2D eigenvalue weighted by atomic mass is 19.4. The van der Waals surface area contributed by atoms with Crippen LogP contribution in [0.5, 0.6) is 0 Å². The number of likely N-dealkylation sites (tertiary alicyclic amines) is 1. The van der Waals surface area contributed by atoms with Gasteiger partial charge in [0.1, 0.15) is 12.3 Å². The monoisotopic (exact) mass is 734 g/mol. The molecule has 2 aromatic carbocycles. The van der Waals surface area contributed by atoms with Crippen molar-refractivity contribution in [3.8, 4) is 0 Å². The highest BCUT2D eigenvalue weighted by Crippen LogP contribution is 2.35. The third-order valence-electron chi connectivity index (χ3n) is 7.74. The number of nitrogens with zero attached hydrogens (tertiary/aromatic N) is 3. The van der Waals surface area contributed by atoms with Gasteiger partial charge in [-0.2, -0.15) is 26.3 Å². The van der Waals surface area contributed by atoms with E-state index in [9.17, 15) is 41.3 Å².